The third-order valence-electron chi connectivity index (χ3n) is 2.61. The standard InChI is InChI=1S/C12H18Br2N2O2S/c1-2-3-4-5-6-16-19(17,18)12-10(13)7-9(15)8-11(12)14/h7-8,16H,2-6,15H2,1H3. The summed E-state index contributed by atoms with van der Waals surface area (Å²) < 4.78 is 27.9. The molecule has 1 aromatic rings. The monoisotopic (exact) mass is 412 g/mol. The Morgan fingerprint density at radius 2 is 1.74 bits per heavy atom. The van der Waals surface area contributed by atoms with Crippen LogP contribution in [0.5, 0.6) is 0 Å². The maximum Gasteiger partial charge on any atom is 0.242 e. The van der Waals surface area contributed by atoms with E-state index >= 15 is 0 Å². The highest BCUT2D eigenvalue weighted by Gasteiger charge is 2.21. The van der Waals surface area contributed by atoms with Crippen LogP contribution in [0.15, 0.2) is 26.0 Å². The molecule has 0 aliphatic carbocycles. The Morgan fingerprint density at radius 3 is 2.26 bits per heavy atom. The van der Waals surface area contributed by atoms with Gasteiger partial charge in [-0.15, -0.1) is 0 Å². The average Bonchev–Trinajstić information content (AvgIpc) is 2.26. The molecule has 4 nitrogen and oxygen atoms in total. The first-order chi connectivity index (χ1) is 8.88. The average molecular weight is 414 g/mol. The lowest BCUT2D eigenvalue weighted by Crippen LogP contribution is -2.25. The second kappa shape index (κ2) is 7.61. The Kier molecular flexibility index (Phi) is 6.79. The number of nitrogen functional groups attached to an aromatic ring is 1. The highest BCUT2D eigenvalue weighted by Crippen LogP contribution is 2.32. The largest absolute Gasteiger partial charge is 0.399 e. The van der Waals surface area contributed by atoms with Crippen LogP contribution in [0.25, 0.3) is 0 Å². The first-order valence-electron chi connectivity index (χ1n) is 6.12. The van der Waals surface area contributed by atoms with Crippen LogP contribution in [0.3, 0.4) is 0 Å². The van der Waals surface area contributed by atoms with E-state index in [-0.39, 0.29) is 4.90 Å². The van der Waals surface area contributed by atoms with Gasteiger partial charge in [-0.1, -0.05) is 26.2 Å². The van der Waals surface area contributed by atoms with Gasteiger partial charge in [0.2, 0.25) is 10.0 Å². The summed E-state index contributed by atoms with van der Waals surface area (Å²) >= 11 is 6.48. The fraction of sp³-hybridized carbons (Fsp3) is 0.500. The summed E-state index contributed by atoms with van der Waals surface area (Å²) in [5.74, 6) is 0. The molecule has 0 aliphatic heterocycles. The maximum absolute atomic E-state index is 12.2. The van der Waals surface area contributed by atoms with Crippen molar-refractivity contribution in [2.24, 2.45) is 0 Å². The van der Waals surface area contributed by atoms with Crippen molar-refractivity contribution in [3.8, 4) is 0 Å². The minimum absolute atomic E-state index is 0.192. The molecule has 1 aromatic carbocycles. The van der Waals surface area contributed by atoms with Crippen LogP contribution in [0.1, 0.15) is 32.6 Å². The lowest BCUT2D eigenvalue weighted by Gasteiger charge is -2.11. The van der Waals surface area contributed by atoms with Gasteiger partial charge in [0.15, 0.2) is 0 Å². The molecule has 108 valence electrons. The third kappa shape index (κ3) is 5.06. The summed E-state index contributed by atoms with van der Waals surface area (Å²) in [5, 5.41) is 0. The highest BCUT2D eigenvalue weighted by molar-refractivity contribution is 9.11. The molecule has 0 saturated heterocycles. The Morgan fingerprint density at radius 1 is 1.16 bits per heavy atom. The third-order valence-corrected chi connectivity index (χ3v) is 5.95. The Labute approximate surface area is 131 Å². The van der Waals surface area contributed by atoms with Gasteiger partial charge in [0, 0.05) is 21.2 Å². The first-order valence-corrected chi connectivity index (χ1v) is 9.19. The van der Waals surface area contributed by atoms with Gasteiger partial charge in [-0.05, 0) is 50.4 Å². The molecule has 0 amide bonds. The Bertz CT molecular complexity index is 510. The Hall–Kier alpha value is -0.110. The molecule has 0 fully saturated rings. The number of halogens is 2. The van der Waals surface area contributed by atoms with E-state index in [1.807, 2.05) is 0 Å². The van der Waals surface area contributed by atoms with Crippen molar-refractivity contribution in [1.29, 1.82) is 0 Å². The fourth-order valence-corrected chi connectivity index (χ4v) is 5.36. The van der Waals surface area contributed by atoms with E-state index in [1.54, 1.807) is 12.1 Å². The summed E-state index contributed by atoms with van der Waals surface area (Å²) in [4.78, 5) is 0.192. The molecular weight excluding hydrogens is 396 g/mol. The summed E-state index contributed by atoms with van der Waals surface area (Å²) in [7, 11) is -3.52. The van der Waals surface area contributed by atoms with Gasteiger partial charge in [0.1, 0.15) is 4.90 Å². The normalized spacial score (nSPS) is 11.7. The molecule has 0 bridgehead atoms. The summed E-state index contributed by atoms with van der Waals surface area (Å²) in [5.41, 5.74) is 6.15. The SMILES string of the molecule is CCCCCCNS(=O)(=O)c1c(Br)cc(N)cc1Br. The van der Waals surface area contributed by atoms with E-state index in [0.29, 0.717) is 21.2 Å². The predicted molar refractivity (Wildman–Crippen MR) is 85.6 cm³/mol. The van der Waals surface area contributed by atoms with E-state index < -0.39 is 10.0 Å². The molecule has 0 spiro atoms. The minimum Gasteiger partial charge on any atom is -0.399 e. The maximum atomic E-state index is 12.2. The number of sulfonamides is 1. The molecule has 0 unspecified atom stereocenters. The van der Waals surface area contributed by atoms with Crippen molar-refractivity contribution in [3.63, 3.8) is 0 Å². The minimum atomic E-state index is -3.52. The van der Waals surface area contributed by atoms with Crippen LogP contribution >= 0.6 is 31.9 Å². The van der Waals surface area contributed by atoms with Crippen molar-refractivity contribution in [3.05, 3.63) is 21.1 Å². The van der Waals surface area contributed by atoms with Crippen molar-refractivity contribution < 1.29 is 8.42 Å². The second-order valence-corrected chi connectivity index (χ2v) is 7.68. The number of hydrogen-bond acceptors (Lipinski definition) is 3. The van der Waals surface area contributed by atoms with Crippen LogP contribution in [-0.2, 0) is 10.0 Å². The van der Waals surface area contributed by atoms with E-state index in [4.69, 9.17) is 5.73 Å². The molecule has 0 atom stereocenters. The summed E-state index contributed by atoms with van der Waals surface area (Å²) in [6.45, 7) is 2.57. The van der Waals surface area contributed by atoms with E-state index in [2.05, 4.69) is 43.5 Å². The van der Waals surface area contributed by atoms with Crippen molar-refractivity contribution in [2.75, 3.05) is 12.3 Å². The van der Waals surface area contributed by atoms with Gasteiger partial charge in [-0.25, -0.2) is 13.1 Å². The quantitative estimate of drug-likeness (QED) is 0.529. The van der Waals surface area contributed by atoms with E-state index in [1.165, 1.54) is 0 Å². The lowest BCUT2D eigenvalue weighted by atomic mass is 10.2. The molecule has 3 N–H and O–H groups in total. The predicted octanol–water partition coefficient (Wildman–Crippen LogP) is 3.65. The van der Waals surface area contributed by atoms with Crippen LogP contribution in [0.4, 0.5) is 5.69 Å². The van der Waals surface area contributed by atoms with Gasteiger partial charge in [0.05, 0.1) is 0 Å². The van der Waals surface area contributed by atoms with E-state index in [9.17, 15) is 8.42 Å². The van der Waals surface area contributed by atoms with Crippen LogP contribution < -0.4 is 10.5 Å². The smallest absolute Gasteiger partial charge is 0.242 e. The zero-order valence-corrected chi connectivity index (χ0v) is 14.7. The first kappa shape index (κ1) is 16.9. The number of hydrogen-bond donors (Lipinski definition) is 2. The number of nitrogens with one attached hydrogen (secondary N) is 1. The number of anilines is 1. The fourth-order valence-electron chi connectivity index (χ4n) is 1.67. The van der Waals surface area contributed by atoms with Crippen LogP contribution in [-0.4, -0.2) is 15.0 Å². The van der Waals surface area contributed by atoms with Gasteiger partial charge in [-0.2, -0.15) is 0 Å². The Balaban J connectivity index is 2.78. The summed E-state index contributed by atoms with van der Waals surface area (Å²) in [6, 6.07) is 3.16. The van der Waals surface area contributed by atoms with Gasteiger partial charge >= 0.3 is 0 Å². The lowest BCUT2D eigenvalue weighted by molar-refractivity contribution is 0.572. The van der Waals surface area contributed by atoms with Crippen LogP contribution in [0.2, 0.25) is 0 Å². The molecule has 1 rings (SSSR count). The zero-order valence-electron chi connectivity index (χ0n) is 10.7. The summed E-state index contributed by atoms with van der Waals surface area (Å²) in [6.07, 6.45) is 4.12. The molecule has 7 heteroatoms. The zero-order chi connectivity index (χ0) is 14.5. The topological polar surface area (TPSA) is 72.2 Å². The van der Waals surface area contributed by atoms with Gasteiger partial charge in [0.25, 0.3) is 0 Å². The molecule has 0 saturated carbocycles. The number of benzene rings is 1. The number of unbranched alkanes of at least 4 members (excludes halogenated alkanes) is 3. The van der Waals surface area contributed by atoms with E-state index in [0.717, 1.165) is 25.7 Å². The highest BCUT2D eigenvalue weighted by atomic mass is 79.9. The molecular formula is C12H18Br2N2O2S. The second-order valence-electron chi connectivity index (χ2n) is 4.27. The number of nitrogens with two attached hydrogens (primary N) is 1. The van der Waals surface area contributed by atoms with Crippen molar-refractivity contribution >= 4 is 47.6 Å². The van der Waals surface area contributed by atoms with Gasteiger partial charge < -0.3 is 5.73 Å². The molecule has 19 heavy (non-hydrogen) atoms. The van der Waals surface area contributed by atoms with Crippen LogP contribution in [0, 0.1) is 0 Å². The van der Waals surface area contributed by atoms with Crippen molar-refractivity contribution in [1.82, 2.24) is 4.72 Å². The molecule has 0 aromatic heterocycles. The molecule has 0 aliphatic rings. The van der Waals surface area contributed by atoms with Crippen molar-refractivity contribution in [2.45, 2.75) is 37.5 Å². The number of rotatable bonds is 7. The molecule has 0 radical (unpaired) electrons. The van der Waals surface area contributed by atoms with Gasteiger partial charge in [-0.3, -0.25) is 0 Å². The molecule has 0 heterocycles.